The summed E-state index contributed by atoms with van der Waals surface area (Å²) in [5, 5.41) is 2.41. The Morgan fingerprint density at radius 1 is 1.15 bits per heavy atom. The third-order valence-electron chi connectivity index (χ3n) is 4.43. The lowest BCUT2D eigenvalue weighted by atomic mass is 10.1. The van der Waals surface area contributed by atoms with Gasteiger partial charge in [0.05, 0.1) is 5.39 Å². The molecule has 27 heavy (non-hydrogen) atoms. The van der Waals surface area contributed by atoms with Crippen molar-refractivity contribution in [3.8, 4) is 16.9 Å². The highest BCUT2D eigenvalue weighted by Gasteiger charge is 2.25. The number of aromatic amines is 1. The average Bonchev–Trinajstić information content (AvgIpc) is 3.13. The maximum absolute atomic E-state index is 13.2. The second-order valence-corrected chi connectivity index (χ2v) is 8.07. The highest BCUT2D eigenvalue weighted by atomic mass is 32.2. The van der Waals surface area contributed by atoms with Crippen molar-refractivity contribution in [1.82, 2.24) is 9.97 Å². The van der Waals surface area contributed by atoms with E-state index in [4.69, 9.17) is 4.74 Å². The molecule has 1 atom stereocenters. The first kappa shape index (κ1) is 16.5. The van der Waals surface area contributed by atoms with Crippen molar-refractivity contribution >= 4 is 33.3 Å². The third-order valence-corrected chi connectivity index (χ3v) is 6.42. The van der Waals surface area contributed by atoms with Crippen molar-refractivity contribution in [2.75, 3.05) is 5.75 Å². The summed E-state index contributed by atoms with van der Waals surface area (Å²) >= 11 is 3.09. The number of fused-ring (bicyclic) bond motifs is 2. The van der Waals surface area contributed by atoms with E-state index in [1.54, 1.807) is 23.9 Å². The number of hydrogen-bond acceptors (Lipinski definition) is 5. The van der Waals surface area contributed by atoms with Crippen molar-refractivity contribution in [3.63, 3.8) is 0 Å². The van der Waals surface area contributed by atoms with Gasteiger partial charge in [0.1, 0.15) is 16.4 Å². The number of nitrogens with zero attached hydrogens (tertiary/aromatic N) is 1. The monoisotopic (exact) mass is 396 g/mol. The highest BCUT2D eigenvalue weighted by molar-refractivity contribution is 7.99. The number of halogens is 1. The molecule has 4 nitrogen and oxygen atoms in total. The number of aromatic nitrogens is 2. The zero-order valence-electron chi connectivity index (χ0n) is 13.9. The minimum atomic E-state index is -0.307. The average molecular weight is 396 g/mol. The van der Waals surface area contributed by atoms with Gasteiger partial charge in [-0.25, -0.2) is 9.37 Å². The maximum atomic E-state index is 13.2. The summed E-state index contributed by atoms with van der Waals surface area (Å²) in [6.07, 6.45) is -0.307. The number of ether oxygens (including phenoxy) is 1. The zero-order valence-corrected chi connectivity index (χ0v) is 15.6. The van der Waals surface area contributed by atoms with Gasteiger partial charge in [0, 0.05) is 21.6 Å². The molecule has 1 N–H and O–H groups in total. The second kappa shape index (κ2) is 6.51. The predicted octanol–water partition coefficient (Wildman–Crippen LogP) is 5.02. The van der Waals surface area contributed by atoms with Crippen molar-refractivity contribution < 1.29 is 9.13 Å². The Morgan fingerprint density at radius 3 is 2.81 bits per heavy atom. The number of thioether (sulfide) groups is 1. The van der Waals surface area contributed by atoms with Crippen molar-refractivity contribution in [3.05, 3.63) is 75.9 Å². The van der Waals surface area contributed by atoms with E-state index in [-0.39, 0.29) is 17.5 Å². The smallest absolute Gasteiger partial charge is 0.260 e. The molecular formula is C20H13FN2O2S2. The van der Waals surface area contributed by atoms with E-state index in [0.29, 0.717) is 21.8 Å². The predicted molar refractivity (Wildman–Crippen MR) is 106 cm³/mol. The van der Waals surface area contributed by atoms with Gasteiger partial charge >= 0.3 is 0 Å². The molecule has 5 rings (SSSR count). The summed E-state index contributed by atoms with van der Waals surface area (Å²) in [4.78, 5) is 22.1. The fourth-order valence-electron chi connectivity index (χ4n) is 3.11. The van der Waals surface area contributed by atoms with E-state index >= 15 is 0 Å². The summed E-state index contributed by atoms with van der Waals surface area (Å²) < 4.78 is 19.2. The molecule has 1 aliphatic heterocycles. The molecule has 0 radical (unpaired) electrons. The van der Waals surface area contributed by atoms with Gasteiger partial charge in [-0.2, -0.15) is 0 Å². The van der Waals surface area contributed by atoms with Gasteiger partial charge in [-0.1, -0.05) is 24.3 Å². The van der Waals surface area contributed by atoms with Crippen LogP contribution in [0.25, 0.3) is 21.3 Å². The molecule has 3 heterocycles. The van der Waals surface area contributed by atoms with Gasteiger partial charge in [-0.05, 0) is 29.8 Å². The van der Waals surface area contributed by atoms with Crippen LogP contribution in [0.5, 0.6) is 5.75 Å². The van der Waals surface area contributed by atoms with Crippen LogP contribution in [-0.2, 0) is 0 Å². The Balaban J connectivity index is 1.55. The largest absolute Gasteiger partial charge is 0.480 e. The van der Waals surface area contributed by atoms with Crippen LogP contribution >= 0.6 is 23.1 Å². The molecule has 0 aliphatic carbocycles. The lowest BCUT2D eigenvalue weighted by Gasteiger charge is -2.24. The molecular weight excluding hydrogens is 383 g/mol. The van der Waals surface area contributed by atoms with Gasteiger partial charge in [0.15, 0.2) is 11.9 Å². The van der Waals surface area contributed by atoms with E-state index in [1.807, 2.05) is 29.6 Å². The van der Waals surface area contributed by atoms with Crippen LogP contribution in [-0.4, -0.2) is 15.7 Å². The van der Waals surface area contributed by atoms with E-state index in [2.05, 4.69) is 9.97 Å². The van der Waals surface area contributed by atoms with Crippen molar-refractivity contribution in [1.29, 1.82) is 0 Å². The van der Waals surface area contributed by atoms with E-state index in [0.717, 1.165) is 21.8 Å². The van der Waals surface area contributed by atoms with Crippen LogP contribution in [0.4, 0.5) is 4.39 Å². The molecule has 2 aromatic heterocycles. The van der Waals surface area contributed by atoms with Gasteiger partial charge in [-0.3, -0.25) is 4.79 Å². The normalized spacial score (nSPS) is 16.1. The standard InChI is InChI=1S/C20H13FN2O2S2/c21-12-7-5-11(6-8-12)13-9-27-20-17(13)19(24)22-18(23-20)15-10-26-16-4-2-1-3-14(16)25-15/h1-9,15H,10H2,(H,22,23,24). The number of benzene rings is 2. The van der Waals surface area contributed by atoms with Crippen LogP contribution < -0.4 is 10.3 Å². The van der Waals surface area contributed by atoms with Crippen LogP contribution in [0, 0.1) is 5.82 Å². The topological polar surface area (TPSA) is 55.0 Å². The lowest BCUT2D eigenvalue weighted by molar-refractivity contribution is 0.210. The lowest BCUT2D eigenvalue weighted by Crippen LogP contribution is -2.21. The minimum Gasteiger partial charge on any atom is -0.480 e. The van der Waals surface area contributed by atoms with Crippen LogP contribution in [0.2, 0.25) is 0 Å². The molecule has 0 fully saturated rings. The molecule has 1 aliphatic rings. The summed E-state index contributed by atoms with van der Waals surface area (Å²) in [6.45, 7) is 0. The third kappa shape index (κ3) is 2.93. The molecule has 0 amide bonds. The number of thiophene rings is 1. The SMILES string of the molecule is O=c1[nH]c(C2CSc3ccccc3O2)nc2scc(-c3ccc(F)cc3)c12. The Bertz CT molecular complexity index is 1200. The number of rotatable bonds is 2. The van der Waals surface area contributed by atoms with Gasteiger partial charge in [0.25, 0.3) is 5.56 Å². The number of H-pyrrole nitrogens is 1. The summed E-state index contributed by atoms with van der Waals surface area (Å²) in [6, 6.07) is 14.0. The summed E-state index contributed by atoms with van der Waals surface area (Å²) in [5.74, 6) is 1.71. The molecule has 1 unspecified atom stereocenters. The molecule has 0 saturated heterocycles. The van der Waals surface area contributed by atoms with Crippen LogP contribution in [0.1, 0.15) is 11.9 Å². The summed E-state index contributed by atoms with van der Waals surface area (Å²) in [7, 11) is 0. The zero-order chi connectivity index (χ0) is 18.4. The fourth-order valence-corrected chi connectivity index (χ4v) is 5.06. The van der Waals surface area contributed by atoms with E-state index in [1.165, 1.54) is 23.5 Å². The molecule has 4 aromatic rings. The Kier molecular flexibility index (Phi) is 3.98. The van der Waals surface area contributed by atoms with Crippen LogP contribution in [0.15, 0.2) is 63.6 Å². The number of nitrogens with one attached hydrogen (secondary N) is 1. The Labute approximate surface area is 162 Å². The highest BCUT2D eigenvalue weighted by Crippen LogP contribution is 2.40. The van der Waals surface area contributed by atoms with E-state index < -0.39 is 0 Å². The first-order chi connectivity index (χ1) is 13.2. The summed E-state index contributed by atoms with van der Waals surface area (Å²) in [5.41, 5.74) is 1.35. The first-order valence-electron chi connectivity index (χ1n) is 8.35. The molecule has 134 valence electrons. The van der Waals surface area contributed by atoms with Gasteiger partial charge in [0.2, 0.25) is 0 Å². The second-order valence-electron chi connectivity index (χ2n) is 6.15. The van der Waals surface area contributed by atoms with Crippen LogP contribution in [0.3, 0.4) is 0 Å². The Hall–Kier alpha value is -2.64. The maximum Gasteiger partial charge on any atom is 0.260 e. The number of hydrogen-bond donors (Lipinski definition) is 1. The minimum absolute atomic E-state index is 0.206. The fraction of sp³-hybridized carbons (Fsp3) is 0.100. The molecule has 7 heteroatoms. The van der Waals surface area contributed by atoms with Crippen molar-refractivity contribution in [2.45, 2.75) is 11.0 Å². The molecule has 0 spiro atoms. The Morgan fingerprint density at radius 2 is 1.96 bits per heavy atom. The van der Waals surface area contributed by atoms with Crippen molar-refractivity contribution in [2.24, 2.45) is 0 Å². The quantitative estimate of drug-likeness (QED) is 0.517. The molecule has 0 bridgehead atoms. The van der Waals surface area contributed by atoms with Gasteiger partial charge in [-0.15, -0.1) is 23.1 Å². The molecule has 0 saturated carbocycles. The first-order valence-corrected chi connectivity index (χ1v) is 10.2. The van der Waals surface area contributed by atoms with E-state index in [9.17, 15) is 9.18 Å². The van der Waals surface area contributed by atoms with Gasteiger partial charge < -0.3 is 9.72 Å². The molecule has 2 aromatic carbocycles. The number of para-hydroxylation sites is 1.